The summed E-state index contributed by atoms with van der Waals surface area (Å²) in [5.74, 6) is 2.09. The van der Waals surface area contributed by atoms with Crippen LogP contribution in [-0.2, 0) is 11.2 Å². The number of ether oxygens (including phenoxy) is 3. The van der Waals surface area contributed by atoms with Gasteiger partial charge in [-0.1, -0.05) is 18.2 Å². The van der Waals surface area contributed by atoms with Gasteiger partial charge in [-0.15, -0.1) is 0 Å². The maximum absolute atomic E-state index is 12.8. The van der Waals surface area contributed by atoms with Crippen molar-refractivity contribution in [3.63, 3.8) is 0 Å². The number of amides is 1. The third-order valence-electron chi connectivity index (χ3n) is 7.31. The van der Waals surface area contributed by atoms with Crippen molar-refractivity contribution >= 4 is 6.09 Å². The standard InChI is InChI=1S/C25H28N2O4/c28-25(31-24-14-27-10-8-17(24)9-11-27)26-21-3-1-2-16-4-5-18(12-20(16)21)19-6-7-22-23(13-19)30-15-29-22/h4-7,12-13,17,21,24H,1-3,8-11,14-15H2,(H,26,28)/t21?,24-/m1/s1. The lowest BCUT2D eigenvalue weighted by Crippen LogP contribution is -2.52. The van der Waals surface area contributed by atoms with Crippen molar-refractivity contribution in [3.05, 3.63) is 47.5 Å². The van der Waals surface area contributed by atoms with E-state index in [-0.39, 0.29) is 25.0 Å². The first-order valence-corrected chi connectivity index (χ1v) is 11.5. The highest BCUT2D eigenvalue weighted by Gasteiger charge is 2.37. The first-order valence-electron chi connectivity index (χ1n) is 11.5. The minimum absolute atomic E-state index is 0.00806. The molecule has 2 bridgehead atoms. The van der Waals surface area contributed by atoms with Crippen molar-refractivity contribution in [1.82, 2.24) is 10.2 Å². The minimum atomic E-state index is -0.273. The second kappa shape index (κ2) is 7.75. The van der Waals surface area contributed by atoms with E-state index < -0.39 is 0 Å². The van der Waals surface area contributed by atoms with Crippen molar-refractivity contribution in [2.45, 2.75) is 44.2 Å². The highest BCUT2D eigenvalue weighted by molar-refractivity contribution is 5.71. The van der Waals surface area contributed by atoms with E-state index in [1.807, 2.05) is 12.1 Å². The fourth-order valence-electron chi connectivity index (χ4n) is 5.56. The maximum atomic E-state index is 12.8. The third kappa shape index (κ3) is 3.63. The normalized spacial score (nSPS) is 28.1. The molecular weight excluding hydrogens is 392 g/mol. The van der Waals surface area contributed by atoms with Crippen LogP contribution in [0.5, 0.6) is 11.5 Å². The van der Waals surface area contributed by atoms with Gasteiger partial charge in [0.25, 0.3) is 0 Å². The molecule has 2 atom stereocenters. The van der Waals surface area contributed by atoms with Crippen molar-refractivity contribution in [2.24, 2.45) is 5.92 Å². The molecule has 2 aromatic rings. The van der Waals surface area contributed by atoms with Gasteiger partial charge in [-0.3, -0.25) is 4.90 Å². The summed E-state index contributed by atoms with van der Waals surface area (Å²) in [5, 5.41) is 3.18. The summed E-state index contributed by atoms with van der Waals surface area (Å²) in [6, 6.07) is 12.6. The zero-order chi connectivity index (χ0) is 20.8. The Labute approximate surface area is 182 Å². The van der Waals surface area contributed by atoms with E-state index >= 15 is 0 Å². The van der Waals surface area contributed by atoms with Crippen molar-refractivity contribution < 1.29 is 19.0 Å². The summed E-state index contributed by atoms with van der Waals surface area (Å²) in [6.07, 6.45) is 5.10. The number of fused-ring (bicyclic) bond motifs is 5. The molecule has 3 fully saturated rings. The number of piperidine rings is 3. The Hall–Kier alpha value is -2.73. The molecule has 1 unspecified atom stereocenters. The Kier molecular flexibility index (Phi) is 4.75. The fraction of sp³-hybridized carbons (Fsp3) is 0.480. The molecule has 1 aliphatic carbocycles. The Balaban J connectivity index is 1.20. The van der Waals surface area contributed by atoms with Gasteiger partial charge in [0.05, 0.1) is 6.04 Å². The number of nitrogens with zero attached hydrogens (tertiary/aromatic N) is 1. The molecule has 2 aromatic carbocycles. The highest BCUT2D eigenvalue weighted by Crippen LogP contribution is 2.38. The Morgan fingerprint density at radius 1 is 1.00 bits per heavy atom. The lowest BCUT2D eigenvalue weighted by Gasteiger charge is -2.44. The van der Waals surface area contributed by atoms with E-state index in [0.29, 0.717) is 5.92 Å². The lowest BCUT2D eigenvalue weighted by molar-refractivity contribution is -0.0340. The van der Waals surface area contributed by atoms with Crippen LogP contribution >= 0.6 is 0 Å². The number of carbonyl (C=O) groups is 1. The summed E-state index contributed by atoms with van der Waals surface area (Å²) in [5.41, 5.74) is 4.72. The number of rotatable bonds is 3. The number of carbonyl (C=O) groups excluding carboxylic acids is 1. The van der Waals surface area contributed by atoms with Crippen molar-refractivity contribution in [1.29, 1.82) is 0 Å². The highest BCUT2D eigenvalue weighted by atomic mass is 16.7. The number of hydrogen-bond acceptors (Lipinski definition) is 5. The van der Waals surface area contributed by atoms with Gasteiger partial charge in [0.1, 0.15) is 6.10 Å². The summed E-state index contributed by atoms with van der Waals surface area (Å²) in [4.78, 5) is 15.2. The molecule has 5 aliphatic rings. The molecule has 1 amide bonds. The van der Waals surface area contributed by atoms with Crippen molar-refractivity contribution in [3.8, 4) is 22.6 Å². The van der Waals surface area contributed by atoms with Gasteiger partial charge in [-0.05, 0) is 91.6 Å². The van der Waals surface area contributed by atoms with Crippen LogP contribution in [0.1, 0.15) is 42.9 Å². The molecular formula is C25H28N2O4. The monoisotopic (exact) mass is 420 g/mol. The first kappa shape index (κ1) is 19.0. The van der Waals surface area contributed by atoms with Crippen LogP contribution in [-0.4, -0.2) is 43.5 Å². The molecule has 3 saturated heterocycles. The summed E-state index contributed by atoms with van der Waals surface area (Å²) in [7, 11) is 0. The van der Waals surface area contributed by atoms with Crippen LogP contribution in [0.15, 0.2) is 36.4 Å². The summed E-state index contributed by atoms with van der Waals surface area (Å²) in [6.45, 7) is 3.44. The largest absolute Gasteiger partial charge is 0.454 e. The molecule has 31 heavy (non-hydrogen) atoms. The predicted octanol–water partition coefficient (Wildman–Crippen LogP) is 4.28. The second-order valence-corrected chi connectivity index (χ2v) is 9.15. The van der Waals surface area contributed by atoms with Crippen LogP contribution in [0.2, 0.25) is 0 Å². The van der Waals surface area contributed by atoms with E-state index in [9.17, 15) is 4.79 Å². The average molecular weight is 421 g/mol. The van der Waals surface area contributed by atoms with Crippen LogP contribution in [0, 0.1) is 5.92 Å². The average Bonchev–Trinajstić information content (AvgIpc) is 3.28. The Morgan fingerprint density at radius 3 is 2.65 bits per heavy atom. The van der Waals surface area contributed by atoms with E-state index in [1.165, 1.54) is 11.1 Å². The molecule has 6 heteroatoms. The van der Waals surface area contributed by atoms with Gasteiger partial charge in [-0.25, -0.2) is 4.79 Å². The van der Waals surface area contributed by atoms with E-state index in [4.69, 9.17) is 14.2 Å². The molecule has 4 aliphatic heterocycles. The van der Waals surface area contributed by atoms with Gasteiger partial charge in [0, 0.05) is 6.54 Å². The number of benzene rings is 2. The Morgan fingerprint density at radius 2 is 1.81 bits per heavy atom. The first-order chi connectivity index (χ1) is 15.2. The van der Waals surface area contributed by atoms with Crippen LogP contribution in [0.4, 0.5) is 4.79 Å². The van der Waals surface area contributed by atoms with E-state index in [0.717, 1.165) is 74.4 Å². The molecule has 4 heterocycles. The lowest BCUT2D eigenvalue weighted by atomic mass is 9.85. The van der Waals surface area contributed by atoms with Crippen LogP contribution in [0.25, 0.3) is 11.1 Å². The van der Waals surface area contributed by atoms with Gasteiger partial charge in [-0.2, -0.15) is 0 Å². The molecule has 6 nitrogen and oxygen atoms in total. The molecule has 0 saturated carbocycles. The van der Waals surface area contributed by atoms with Gasteiger partial charge in [0.15, 0.2) is 11.5 Å². The number of aryl methyl sites for hydroxylation is 1. The fourth-order valence-corrected chi connectivity index (χ4v) is 5.56. The van der Waals surface area contributed by atoms with Gasteiger partial charge >= 0.3 is 6.09 Å². The Bertz CT molecular complexity index is 999. The molecule has 0 radical (unpaired) electrons. The maximum Gasteiger partial charge on any atom is 0.407 e. The molecule has 0 aromatic heterocycles. The zero-order valence-electron chi connectivity index (χ0n) is 17.6. The summed E-state index contributed by atoms with van der Waals surface area (Å²) < 4.78 is 16.9. The molecule has 0 spiro atoms. The second-order valence-electron chi connectivity index (χ2n) is 9.15. The zero-order valence-corrected chi connectivity index (χ0v) is 17.6. The van der Waals surface area contributed by atoms with E-state index in [1.54, 1.807) is 0 Å². The number of alkyl carbamates (subject to hydrolysis) is 1. The molecule has 1 N–H and O–H groups in total. The summed E-state index contributed by atoms with van der Waals surface area (Å²) >= 11 is 0. The van der Waals surface area contributed by atoms with Gasteiger partial charge in [0.2, 0.25) is 6.79 Å². The predicted molar refractivity (Wildman–Crippen MR) is 116 cm³/mol. The third-order valence-corrected chi connectivity index (χ3v) is 7.31. The number of nitrogens with one attached hydrogen (secondary N) is 1. The SMILES string of the molecule is O=C(NC1CCCc2ccc(-c3ccc4c(c3)OCO4)cc21)O[C@@H]1CN2CCC1CC2. The van der Waals surface area contributed by atoms with Gasteiger partial charge < -0.3 is 19.5 Å². The van der Waals surface area contributed by atoms with E-state index in [2.05, 4.69) is 34.5 Å². The minimum Gasteiger partial charge on any atom is -0.454 e. The van der Waals surface area contributed by atoms with Crippen LogP contribution in [0.3, 0.4) is 0 Å². The molecule has 162 valence electrons. The van der Waals surface area contributed by atoms with Crippen LogP contribution < -0.4 is 14.8 Å². The van der Waals surface area contributed by atoms with Crippen molar-refractivity contribution in [2.75, 3.05) is 26.4 Å². The number of hydrogen-bond donors (Lipinski definition) is 1. The topological polar surface area (TPSA) is 60.0 Å². The smallest absolute Gasteiger partial charge is 0.407 e. The quantitative estimate of drug-likeness (QED) is 0.803. The molecule has 7 rings (SSSR count).